The lowest BCUT2D eigenvalue weighted by Gasteiger charge is -2.32. The van der Waals surface area contributed by atoms with Crippen molar-refractivity contribution in [3.8, 4) is 0 Å². The molecule has 1 aromatic heterocycles. The van der Waals surface area contributed by atoms with E-state index in [-0.39, 0.29) is 0 Å². The third-order valence-electron chi connectivity index (χ3n) is 3.45. The molecule has 1 unspecified atom stereocenters. The van der Waals surface area contributed by atoms with Crippen molar-refractivity contribution in [3.63, 3.8) is 0 Å². The summed E-state index contributed by atoms with van der Waals surface area (Å²) in [5.74, 6) is 3.05. The standard InChI is InChI=1S/C16H27N3S/c1-12(2)9-17-10-15-7-13(3)18-16(8-15)19-5-6-20-14(4)11-19/h7-8,12,14,17H,5-6,9-11H2,1-4H3. The van der Waals surface area contributed by atoms with Crippen molar-refractivity contribution >= 4 is 17.6 Å². The fraction of sp³-hybridized carbons (Fsp3) is 0.688. The predicted octanol–water partition coefficient (Wildman–Crippen LogP) is 3.08. The van der Waals surface area contributed by atoms with Gasteiger partial charge in [-0.05, 0) is 37.1 Å². The van der Waals surface area contributed by atoms with Crippen LogP contribution in [0.1, 0.15) is 32.0 Å². The van der Waals surface area contributed by atoms with E-state index in [4.69, 9.17) is 4.98 Å². The first-order valence-corrected chi connectivity index (χ1v) is 8.64. The van der Waals surface area contributed by atoms with Gasteiger partial charge in [-0.3, -0.25) is 0 Å². The maximum Gasteiger partial charge on any atom is 0.129 e. The Bertz CT molecular complexity index is 434. The summed E-state index contributed by atoms with van der Waals surface area (Å²) in [4.78, 5) is 7.15. The van der Waals surface area contributed by atoms with Gasteiger partial charge in [-0.2, -0.15) is 11.8 Å². The van der Waals surface area contributed by atoms with Crippen LogP contribution in [0.15, 0.2) is 12.1 Å². The molecule has 0 aliphatic carbocycles. The van der Waals surface area contributed by atoms with Crippen molar-refractivity contribution in [1.82, 2.24) is 10.3 Å². The fourth-order valence-electron chi connectivity index (χ4n) is 2.52. The number of pyridine rings is 1. The van der Waals surface area contributed by atoms with E-state index in [9.17, 15) is 0 Å². The minimum Gasteiger partial charge on any atom is -0.355 e. The molecule has 2 rings (SSSR count). The zero-order chi connectivity index (χ0) is 14.5. The number of thioether (sulfide) groups is 1. The second-order valence-corrected chi connectivity index (χ2v) is 7.67. The maximum atomic E-state index is 4.72. The molecular formula is C16H27N3S. The molecule has 0 saturated carbocycles. The Morgan fingerprint density at radius 1 is 1.45 bits per heavy atom. The first kappa shape index (κ1) is 15.6. The Hall–Kier alpha value is -0.740. The highest BCUT2D eigenvalue weighted by atomic mass is 32.2. The number of aryl methyl sites for hydroxylation is 1. The minimum atomic E-state index is 0.692. The molecule has 0 radical (unpaired) electrons. The van der Waals surface area contributed by atoms with Gasteiger partial charge in [0.15, 0.2) is 0 Å². The van der Waals surface area contributed by atoms with Gasteiger partial charge in [0.1, 0.15) is 5.82 Å². The lowest BCUT2D eigenvalue weighted by Crippen LogP contribution is -2.37. The molecule has 1 atom stereocenters. The van der Waals surface area contributed by atoms with Crippen molar-refractivity contribution in [2.45, 2.75) is 39.5 Å². The minimum absolute atomic E-state index is 0.692. The Kier molecular flexibility index (Phi) is 5.73. The average Bonchev–Trinajstić information content (AvgIpc) is 2.37. The predicted molar refractivity (Wildman–Crippen MR) is 89.7 cm³/mol. The van der Waals surface area contributed by atoms with E-state index >= 15 is 0 Å². The first-order chi connectivity index (χ1) is 9.54. The Morgan fingerprint density at radius 2 is 2.25 bits per heavy atom. The van der Waals surface area contributed by atoms with E-state index in [2.05, 4.69) is 61.8 Å². The van der Waals surface area contributed by atoms with E-state index in [1.807, 2.05) is 0 Å². The summed E-state index contributed by atoms with van der Waals surface area (Å²) in [6, 6.07) is 4.45. The van der Waals surface area contributed by atoms with Crippen molar-refractivity contribution in [2.24, 2.45) is 5.92 Å². The van der Waals surface area contributed by atoms with Crippen molar-refractivity contribution in [3.05, 3.63) is 23.4 Å². The molecule has 20 heavy (non-hydrogen) atoms. The molecule has 1 N–H and O–H groups in total. The zero-order valence-electron chi connectivity index (χ0n) is 13.1. The number of aromatic nitrogens is 1. The van der Waals surface area contributed by atoms with Crippen LogP contribution in [0.5, 0.6) is 0 Å². The van der Waals surface area contributed by atoms with E-state index in [0.717, 1.165) is 37.7 Å². The fourth-order valence-corrected chi connectivity index (χ4v) is 3.53. The van der Waals surface area contributed by atoms with E-state index in [0.29, 0.717) is 11.2 Å². The third kappa shape index (κ3) is 4.67. The second-order valence-electron chi connectivity index (χ2n) is 6.13. The van der Waals surface area contributed by atoms with Crippen LogP contribution < -0.4 is 10.2 Å². The summed E-state index contributed by atoms with van der Waals surface area (Å²) in [6.45, 7) is 13.1. The Morgan fingerprint density at radius 3 is 2.95 bits per heavy atom. The molecule has 4 heteroatoms. The molecule has 2 heterocycles. The molecule has 1 aromatic rings. The van der Waals surface area contributed by atoms with Gasteiger partial charge < -0.3 is 10.2 Å². The van der Waals surface area contributed by atoms with Crippen LogP contribution in [0.2, 0.25) is 0 Å². The van der Waals surface area contributed by atoms with Crippen LogP contribution in [-0.2, 0) is 6.54 Å². The van der Waals surface area contributed by atoms with Gasteiger partial charge in [0.2, 0.25) is 0 Å². The molecule has 1 aliphatic rings. The molecule has 0 spiro atoms. The highest BCUT2D eigenvalue weighted by molar-refractivity contribution is 8.00. The van der Waals surface area contributed by atoms with Crippen LogP contribution in [0.25, 0.3) is 0 Å². The third-order valence-corrected chi connectivity index (χ3v) is 4.58. The van der Waals surface area contributed by atoms with Crippen molar-refractivity contribution in [2.75, 3.05) is 30.3 Å². The number of hydrogen-bond donors (Lipinski definition) is 1. The van der Waals surface area contributed by atoms with Crippen molar-refractivity contribution < 1.29 is 0 Å². The van der Waals surface area contributed by atoms with Crippen molar-refractivity contribution in [1.29, 1.82) is 0 Å². The quantitative estimate of drug-likeness (QED) is 0.903. The van der Waals surface area contributed by atoms with Gasteiger partial charge in [0.25, 0.3) is 0 Å². The van der Waals surface area contributed by atoms with Gasteiger partial charge in [-0.15, -0.1) is 0 Å². The van der Waals surface area contributed by atoms with E-state index < -0.39 is 0 Å². The average molecular weight is 293 g/mol. The molecule has 3 nitrogen and oxygen atoms in total. The number of rotatable bonds is 5. The van der Waals surface area contributed by atoms with E-state index in [1.54, 1.807) is 0 Å². The van der Waals surface area contributed by atoms with Crippen LogP contribution in [0.4, 0.5) is 5.82 Å². The van der Waals surface area contributed by atoms with Gasteiger partial charge in [0, 0.05) is 36.3 Å². The van der Waals surface area contributed by atoms with Gasteiger partial charge >= 0.3 is 0 Å². The summed E-state index contributed by atoms with van der Waals surface area (Å²) < 4.78 is 0. The number of hydrogen-bond acceptors (Lipinski definition) is 4. The van der Waals surface area contributed by atoms with Crippen LogP contribution in [0.3, 0.4) is 0 Å². The van der Waals surface area contributed by atoms with Gasteiger partial charge in [-0.25, -0.2) is 4.98 Å². The zero-order valence-corrected chi connectivity index (χ0v) is 14.0. The maximum absolute atomic E-state index is 4.72. The molecule has 0 amide bonds. The summed E-state index contributed by atoms with van der Waals surface area (Å²) in [7, 11) is 0. The van der Waals surface area contributed by atoms with E-state index in [1.165, 1.54) is 11.3 Å². The highest BCUT2D eigenvalue weighted by Gasteiger charge is 2.18. The lowest BCUT2D eigenvalue weighted by atomic mass is 10.2. The Labute approximate surface area is 127 Å². The summed E-state index contributed by atoms with van der Waals surface area (Å²) >= 11 is 2.06. The van der Waals surface area contributed by atoms with Gasteiger partial charge in [-0.1, -0.05) is 20.8 Å². The molecule has 1 fully saturated rings. The number of anilines is 1. The molecule has 1 saturated heterocycles. The molecule has 1 aliphatic heterocycles. The molecular weight excluding hydrogens is 266 g/mol. The second kappa shape index (κ2) is 7.32. The summed E-state index contributed by atoms with van der Waals surface area (Å²) in [6.07, 6.45) is 0. The number of nitrogens with one attached hydrogen (secondary N) is 1. The molecule has 112 valence electrons. The largest absolute Gasteiger partial charge is 0.355 e. The monoisotopic (exact) mass is 293 g/mol. The molecule has 0 aromatic carbocycles. The highest BCUT2D eigenvalue weighted by Crippen LogP contribution is 2.23. The van der Waals surface area contributed by atoms with Crippen LogP contribution in [0, 0.1) is 12.8 Å². The lowest BCUT2D eigenvalue weighted by molar-refractivity contribution is 0.552. The normalized spacial score (nSPS) is 19.6. The smallest absolute Gasteiger partial charge is 0.129 e. The van der Waals surface area contributed by atoms with Crippen LogP contribution in [-0.4, -0.2) is 35.6 Å². The Balaban J connectivity index is 2.03. The summed E-state index contributed by atoms with van der Waals surface area (Å²) in [5, 5.41) is 4.22. The van der Waals surface area contributed by atoms with Crippen LogP contribution >= 0.6 is 11.8 Å². The topological polar surface area (TPSA) is 28.2 Å². The van der Waals surface area contributed by atoms with Gasteiger partial charge in [0.05, 0.1) is 0 Å². The first-order valence-electron chi connectivity index (χ1n) is 7.59. The SMILES string of the molecule is Cc1cc(CNCC(C)C)cc(N2CCSC(C)C2)n1. The number of nitrogens with zero attached hydrogens (tertiary/aromatic N) is 2. The molecule has 0 bridgehead atoms. The summed E-state index contributed by atoms with van der Waals surface area (Å²) in [5.41, 5.74) is 2.47.